The van der Waals surface area contributed by atoms with Crippen molar-refractivity contribution in [1.82, 2.24) is 0 Å². The van der Waals surface area contributed by atoms with Crippen LogP contribution in [0.3, 0.4) is 0 Å². The first-order valence-corrected chi connectivity index (χ1v) is 4.13. The minimum Gasteiger partial charge on any atom is -0.481 e. The van der Waals surface area contributed by atoms with Crippen LogP contribution in [0.15, 0.2) is 0 Å². The third-order valence-corrected chi connectivity index (χ3v) is 3.55. The topological polar surface area (TPSA) is 49.8 Å². The van der Waals surface area contributed by atoms with Crippen LogP contribution in [-0.2, 0) is 9.53 Å². The fourth-order valence-corrected chi connectivity index (χ4v) is 2.90. The molecule has 3 aliphatic rings. The van der Waals surface area contributed by atoms with E-state index in [9.17, 15) is 4.79 Å². The molecular formula is C8H10O3. The van der Waals surface area contributed by atoms with Gasteiger partial charge in [-0.1, -0.05) is 0 Å². The van der Waals surface area contributed by atoms with Crippen LogP contribution in [-0.4, -0.2) is 23.3 Å². The summed E-state index contributed by atoms with van der Waals surface area (Å²) in [4.78, 5) is 10.9. The molecule has 2 bridgehead atoms. The van der Waals surface area contributed by atoms with Crippen molar-refractivity contribution in [3.63, 3.8) is 0 Å². The van der Waals surface area contributed by atoms with E-state index < -0.39 is 11.4 Å². The Kier molecular flexibility index (Phi) is 0.796. The third-order valence-electron chi connectivity index (χ3n) is 3.55. The van der Waals surface area contributed by atoms with Gasteiger partial charge in [0, 0.05) is 0 Å². The Morgan fingerprint density at radius 3 is 2.91 bits per heavy atom. The smallest absolute Gasteiger partial charge is 0.312 e. The number of ether oxygens (including phenoxy) is 1. The largest absolute Gasteiger partial charge is 0.481 e. The van der Waals surface area contributed by atoms with E-state index in [1.807, 2.05) is 0 Å². The molecule has 0 amide bonds. The van der Waals surface area contributed by atoms with Gasteiger partial charge in [-0.25, -0.2) is 0 Å². The molecule has 3 fully saturated rings. The van der Waals surface area contributed by atoms with Gasteiger partial charge in [0.25, 0.3) is 0 Å². The van der Waals surface area contributed by atoms with Crippen LogP contribution in [0.1, 0.15) is 19.3 Å². The molecule has 4 unspecified atom stereocenters. The summed E-state index contributed by atoms with van der Waals surface area (Å²) in [7, 11) is 0. The average molecular weight is 154 g/mol. The van der Waals surface area contributed by atoms with Crippen LogP contribution in [0.4, 0.5) is 0 Å². The van der Waals surface area contributed by atoms with E-state index in [4.69, 9.17) is 9.84 Å². The number of aliphatic carboxylic acids is 1. The summed E-state index contributed by atoms with van der Waals surface area (Å²) in [5.41, 5.74) is -0.463. The fourth-order valence-electron chi connectivity index (χ4n) is 2.90. The SMILES string of the molecule is O=C(O)C12CCC(C1)C1OC12. The Balaban J connectivity index is 2.03. The number of carboxylic acid groups (broad SMARTS) is 1. The standard InChI is InChI=1S/C8H10O3/c9-7(10)8-2-1-4(3-8)5-6(8)11-5/h4-6H,1-3H2,(H,9,10). The zero-order chi connectivity index (χ0) is 7.64. The van der Waals surface area contributed by atoms with Gasteiger partial charge in [-0.15, -0.1) is 0 Å². The van der Waals surface area contributed by atoms with Gasteiger partial charge in [0.2, 0.25) is 0 Å². The lowest BCUT2D eigenvalue weighted by atomic mass is 9.84. The fraction of sp³-hybridized carbons (Fsp3) is 0.875. The van der Waals surface area contributed by atoms with Gasteiger partial charge in [-0.3, -0.25) is 4.79 Å². The highest BCUT2D eigenvalue weighted by Gasteiger charge is 2.71. The predicted molar refractivity (Wildman–Crippen MR) is 36.1 cm³/mol. The van der Waals surface area contributed by atoms with Crippen LogP contribution in [0.2, 0.25) is 0 Å². The minimum atomic E-state index is -0.634. The third kappa shape index (κ3) is 0.495. The van der Waals surface area contributed by atoms with Gasteiger partial charge in [-0.2, -0.15) is 0 Å². The lowest BCUT2D eigenvalue weighted by molar-refractivity contribution is -0.149. The lowest BCUT2D eigenvalue weighted by Crippen LogP contribution is -2.32. The molecule has 1 aliphatic heterocycles. The molecule has 4 atom stereocenters. The number of epoxide rings is 1. The molecule has 3 heteroatoms. The summed E-state index contributed by atoms with van der Waals surface area (Å²) in [6, 6.07) is 0. The highest BCUT2D eigenvalue weighted by atomic mass is 16.6. The molecule has 1 N–H and O–H groups in total. The maximum absolute atomic E-state index is 10.9. The van der Waals surface area contributed by atoms with E-state index >= 15 is 0 Å². The van der Waals surface area contributed by atoms with Gasteiger partial charge in [0.1, 0.15) is 6.10 Å². The molecule has 0 aromatic heterocycles. The van der Waals surface area contributed by atoms with Crippen molar-refractivity contribution < 1.29 is 14.6 Å². The Morgan fingerprint density at radius 1 is 1.64 bits per heavy atom. The quantitative estimate of drug-likeness (QED) is 0.564. The second-order valence-electron chi connectivity index (χ2n) is 3.99. The van der Waals surface area contributed by atoms with Gasteiger partial charge < -0.3 is 9.84 Å². The molecule has 1 heterocycles. The van der Waals surface area contributed by atoms with E-state index in [2.05, 4.69) is 0 Å². The first-order valence-electron chi connectivity index (χ1n) is 4.13. The van der Waals surface area contributed by atoms with Crippen LogP contribution < -0.4 is 0 Å². The second kappa shape index (κ2) is 1.46. The predicted octanol–water partition coefficient (Wildman–Crippen LogP) is 0.639. The Bertz CT molecular complexity index is 237. The van der Waals surface area contributed by atoms with Crippen molar-refractivity contribution in [2.75, 3.05) is 0 Å². The summed E-state index contributed by atoms with van der Waals surface area (Å²) in [6.07, 6.45) is 3.18. The van der Waals surface area contributed by atoms with Crippen LogP contribution in [0, 0.1) is 11.3 Å². The molecule has 60 valence electrons. The molecule has 2 saturated carbocycles. The molecule has 0 radical (unpaired) electrons. The van der Waals surface area contributed by atoms with Crippen molar-refractivity contribution in [3.8, 4) is 0 Å². The van der Waals surface area contributed by atoms with Crippen molar-refractivity contribution in [1.29, 1.82) is 0 Å². The molecule has 11 heavy (non-hydrogen) atoms. The van der Waals surface area contributed by atoms with Crippen molar-refractivity contribution in [2.24, 2.45) is 11.3 Å². The van der Waals surface area contributed by atoms with E-state index in [0.29, 0.717) is 12.0 Å². The summed E-state index contributed by atoms with van der Waals surface area (Å²) in [5.74, 6) is -0.0684. The highest BCUT2D eigenvalue weighted by molar-refractivity contribution is 5.77. The number of fused-ring (bicyclic) bond motifs is 5. The molecule has 2 aliphatic carbocycles. The average Bonchev–Trinajstić information content (AvgIpc) is 2.60. The van der Waals surface area contributed by atoms with Crippen LogP contribution in [0.5, 0.6) is 0 Å². The van der Waals surface area contributed by atoms with E-state index in [1.54, 1.807) is 0 Å². The summed E-state index contributed by atoms with van der Waals surface area (Å²) >= 11 is 0. The molecule has 3 nitrogen and oxygen atoms in total. The summed E-state index contributed by atoms with van der Waals surface area (Å²) in [5, 5.41) is 9.01. The Hall–Kier alpha value is -0.570. The van der Waals surface area contributed by atoms with Crippen LogP contribution in [0.25, 0.3) is 0 Å². The maximum atomic E-state index is 10.9. The highest BCUT2D eigenvalue weighted by Crippen LogP contribution is 2.63. The lowest BCUT2D eigenvalue weighted by Gasteiger charge is -2.18. The maximum Gasteiger partial charge on any atom is 0.312 e. The summed E-state index contributed by atoms with van der Waals surface area (Å²) < 4.78 is 5.32. The number of rotatable bonds is 1. The molecular weight excluding hydrogens is 144 g/mol. The van der Waals surface area contributed by atoms with Crippen molar-refractivity contribution in [2.45, 2.75) is 31.5 Å². The summed E-state index contributed by atoms with van der Waals surface area (Å²) in [6.45, 7) is 0. The molecule has 0 aromatic rings. The minimum absolute atomic E-state index is 0.0822. The van der Waals surface area contributed by atoms with Gasteiger partial charge in [-0.05, 0) is 25.2 Å². The van der Waals surface area contributed by atoms with Crippen molar-refractivity contribution >= 4 is 5.97 Å². The second-order valence-corrected chi connectivity index (χ2v) is 3.99. The van der Waals surface area contributed by atoms with E-state index in [1.165, 1.54) is 0 Å². The number of carbonyl (C=O) groups is 1. The Labute approximate surface area is 64.3 Å². The number of hydrogen-bond donors (Lipinski definition) is 1. The first-order chi connectivity index (χ1) is 5.24. The van der Waals surface area contributed by atoms with E-state index in [-0.39, 0.29) is 6.10 Å². The normalized spacial score (nSPS) is 57.6. The molecule has 0 aromatic carbocycles. The Morgan fingerprint density at radius 2 is 2.45 bits per heavy atom. The number of carboxylic acids is 1. The van der Waals surface area contributed by atoms with E-state index in [0.717, 1.165) is 19.3 Å². The molecule has 3 rings (SSSR count). The zero-order valence-electron chi connectivity index (χ0n) is 6.12. The molecule has 0 spiro atoms. The van der Waals surface area contributed by atoms with Gasteiger partial charge in [0.05, 0.1) is 11.5 Å². The van der Waals surface area contributed by atoms with Gasteiger partial charge in [0.15, 0.2) is 0 Å². The zero-order valence-corrected chi connectivity index (χ0v) is 6.12. The first kappa shape index (κ1) is 6.00. The van der Waals surface area contributed by atoms with Crippen LogP contribution >= 0.6 is 0 Å². The van der Waals surface area contributed by atoms with Gasteiger partial charge >= 0.3 is 5.97 Å². The van der Waals surface area contributed by atoms with Crippen molar-refractivity contribution in [3.05, 3.63) is 0 Å². The number of hydrogen-bond acceptors (Lipinski definition) is 2. The molecule has 1 saturated heterocycles. The monoisotopic (exact) mass is 154 g/mol.